The smallest absolute Gasteiger partial charge is 0.279 e. The van der Waals surface area contributed by atoms with Gasteiger partial charge in [-0.1, -0.05) is 36.3 Å². The Morgan fingerprint density at radius 1 is 1.00 bits per heavy atom. The van der Waals surface area contributed by atoms with Gasteiger partial charge in [0.1, 0.15) is 11.5 Å². The number of benzene rings is 2. The van der Waals surface area contributed by atoms with Crippen LogP contribution in [-0.2, 0) is 0 Å². The molecule has 112 valence electrons. The van der Waals surface area contributed by atoms with Crippen LogP contribution in [0.5, 0.6) is 16.7 Å². The number of fused-ring (bicyclic) bond motifs is 1. The zero-order valence-electron chi connectivity index (χ0n) is 12.2. The molecule has 1 aliphatic carbocycles. The maximum Gasteiger partial charge on any atom is 0.279 e. The molecule has 0 atom stereocenters. The summed E-state index contributed by atoms with van der Waals surface area (Å²) in [5.41, 5.74) is 0.975. The summed E-state index contributed by atoms with van der Waals surface area (Å²) < 4.78 is 12.7. The molecule has 1 fully saturated rings. The van der Waals surface area contributed by atoms with Gasteiger partial charge in [0.05, 0.1) is 16.8 Å². The number of ether oxygens (including phenoxy) is 2. The van der Waals surface area contributed by atoms with Crippen molar-refractivity contribution < 1.29 is 9.47 Å². The van der Waals surface area contributed by atoms with Gasteiger partial charge in [-0.2, -0.15) is 0 Å². The number of thiazole rings is 1. The lowest BCUT2D eigenvalue weighted by Gasteiger charge is -2.06. The highest BCUT2D eigenvalue weighted by Gasteiger charge is 2.20. The third-order valence-electron chi connectivity index (χ3n) is 3.79. The highest BCUT2D eigenvalue weighted by molar-refractivity contribution is 7.20. The molecule has 4 heteroatoms. The molecule has 1 saturated carbocycles. The van der Waals surface area contributed by atoms with Gasteiger partial charge in [-0.15, -0.1) is 0 Å². The van der Waals surface area contributed by atoms with Crippen LogP contribution in [0.3, 0.4) is 0 Å². The molecule has 0 bridgehead atoms. The predicted molar refractivity (Wildman–Crippen MR) is 89.0 cm³/mol. The van der Waals surface area contributed by atoms with Gasteiger partial charge in [0.15, 0.2) is 0 Å². The summed E-state index contributed by atoms with van der Waals surface area (Å²) in [5.74, 6) is 2.59. The van der Waals surface area contributed by atoms with Crippen LogP contribution in [0.1, 0.15) is 19.3 Å². The number of hydrogen-bond donors (Lipinski definition) is 0. The molecule has 0 spiro atoms. The van der Waals surface area contributed by atoms with Crippen molar-refractivity contribution in [3.05, 3.63) is 48.5 Å². The molecule has 1 aliphatic rings. The van der Waals surface area contributed by atoms with E-state index in [9.17, 15) is 0 Å². The Labute approximate surface area is 133 Å². The molecule has 4 rings (SSSR count). The second-order valence-electron chi connectivity index (χ2n) is 5.60. The summed E-state index contributed by atoms with van der Waals surface area (Å²) in [6.07, 6.45) is 3.92. The fourth-order valence-electron chi connectivity index (χ4n) is 2.35. The van der Waals surface area contributed by atoms with E-state index in [1.807, 2.05) is 42.5 Å². The molecule has 0 radical (unpaired) electrons. The van der Waals surface area contributed by atoms with Crippen molar-refractivity contribution >= 4 is 21.6 Å². The Morgan fingerprint density at radius 3 is 2.55 bits per heavy atom. The fraction of sp³-hybridized carbons (Fsp3) is 0.278. The van der Waals surface area contributed by atoms with E-state index in [1.54, 1.807) is 11.3 Å². The van der Waals surface area contributed by atoms with E-state index in [1.165, 1.54) is 19.3 Å². The number of aromatic nitrogens is 1. The van der Waals surface area contributed by atoms with Crippen LogP contribution < -0.4 is 9.47 Å². The molecule has 3 aromatic rings. The lowest BCUT2D eigenvalue weighted by molar-refractivity contribution is 0.302. The molecular formula is C18H17NO2S. The predicted octanol–water partition coefficient (Wildman–Crippen LogP) is 5.27. The Kier molecular flexibility index (Phi) is 3.69. The van der Waals surface area contributed by atoms with Crippen LogP contribution in [0.15, 0.2) is 48.5 Å². The van der Waals surface area contributed by atoms with Crippen molar-refractivity contribution in [2.45, 2.75) is 19.3 Å². The second kappa shape index (κ2) is 5.97. The molecule has 2 aromatic carbocycles. The molecule has 0 saturated heterocycles. The van der Waals surface area contributed by atoms with Crippen molar-refractivity contribution in [3.63, 3.8) is 0 Å². The molecule has 22 heavy (non-hydrogen) atoms. The van der Waals surface area contributed by atoms with E-state index in [4.69, 9.17) is 9.47 Å². The van der Waals surface area contributed by atoms with Gasteiger partial charge in [0, 0.05) is 0 Å². The summed E-state index contributed by atoms with van der Waals surface area (Å²) in [7, 11) is 0. The number of rotatable bonds is 6. The van der Waals surface area contributed by atoms with E-state index >= 15 is 0 Å². The maximum absolute atomic E-state index is 5.82. The zero-order chi connectivity index (χ0) is 14.8. The van der Waals surface area contributed by atoms with Gasteiger partial charge in [-0.25, -0.2) is 4.98 Å². The summed E-state index contributed by atoms with van der Waals surface area (Å²) in [6, 6.07) is 15.8. The van der Waals surface area contributed by atoms with Crippen molar-refractivity contribution in [2.75, 3.05) is 6.61 Å². The summed E-state index contributed by atoms with van der Waals surface area (Å²) in [4.78, 5) is 4.47. The highest BCUT2D eigenvalue weighted by atomic mass is 32.1. The van der Waals surface area contributed by atoms with Gasteiger partial charge in [0.2, 0.25) is 0 Å². The van der Waals surface area contributed by atoms with Gasteiger partial charge in [-0.3, -0.25) is 0 Å². The van der Waals surface area contributed by atoms with Crippen LogP contribution in [0.25, 0.3) is 10.2 Å². The standard InChI is InChI=1S/C18H17NO2S/c1-2-4-17-16(3-1)19-18(22-17)21-15-9-7-14(8-10-15)20-12-11-13-5-6-13/h1-4,7-10,13H,5-6,11-12H2. The molecule has 1 heterocycles. The Bertz CT molecular complexity index is 729. The molecular weight excluding hydrogens is 294 g/mol. The van der Waals surface area contributed by atoms with Gasteiger partial charge >= 0.3 is 0 Å². The van der Waals surface area contributed by atoms with Crippen LogP contribution in [0, 0.1) is 5.92 Å². The topological polar surface area (TPSA) is 31.4 Å². The number of para-hydroxylation sites is 1. The largest absolute Gasteiger partial charge is 0.494 e. The first-order valence-corrected chi connectivity index (χ1v) is 8.45. The van der Waals surface area contributed by atoms with Crippen LogP contribution in [0.2, 0.25) is 0 Å². The Morgan fingerprint density at radius 2 is 1.77 bits per heavy atom. The normalized spacial score (nSPS) is 14.2. The number of hydrogen-bond acceptors (Lipinski definition) is 4. The summed E-state index contributed by atoms with van der Waals surface area (Å²) >= 11 is 1.56. The van der Waals surface area contributed by atoms with Crippen LogP contribution >= 0.6 is 11.3 Å². The lowest BCUT2D eigenvalue weighted by Crippen LogP contribution is -1.97. The van der Waals surface area contributed by atoms with Crippen molar-refractivity contribution in [1.82, 2.24) is 4.98 Å². The van der Waals surface area contributed by atoms with Crippen LogP contribution in [-0.4, -0.2) is 11.6 Å². The van der Waals surface area contributed by atoms with Gasteiger partial charge in [-0.05, 0) is 48.7 Å². The van der Waals surface area contributed by atoms with E-state index in [0.29, 0.717) is 5.19 Å². The first kappa shape index (κ1) is 13.6. The van der Waals surface area contributed by atoms with Crippen LogP contribution in [0.4, 0.5) is 0 Å². The molecule has 1 aromatic heterocycles. The summed E-state index contributed by atoms with van der Waals surface area (Å²) in [5, 5.41) is 0.670. The molecule has 0 N–H and O–H groups in total. The minimum Gasteiger partial charge on any atom is -0.494 e. The maximum atomic E-state index is 5.82. The van der Waals surface area contributed by atoms with Gasteiger partial charge < -0.3 is 9.47 Å². The molecule has 0 aliphatic heterocycles. The zero-order valence-corrected chi connectivity index (χ0v) is 13.0. The number of nitrogens with zero attached hydrogens (tertiary/aromatic N) is 1. The third-order valence-corrected chi connectivity index (χ3v) is 4.71. The Hall–Kier alpha value is -2.07. The van der Waals surface area contributed by atoms with Crippen molar-refractivity contribution in [3.8, 4) is 16.7 Å². The van der Waals surface area contributed by atoms with E-state index in [-0.39, 0.29) is 0 Å². The molecule has 0 unspecified atom stereocenters. The highest BCUT2D eigenvalue weighted by Crippen LogP contribution is 2.33. The van der Waals surface area contributed by atoms with E-state index < -0.39 is 0 Å². The average Bonchev–Trinajstić information content (AvgIpc) is 3.27. The first-order chi connectivity index (χ1) is 10.9. The Balaban J connectivity index is 1.39. The monoisotopic (exact) mass is 311 g/mol. The van der Waals surface area contributed by atoms with Crippen molar-refractivity contribution in [2.24, 2.45) is 5.92 Å². The molecule has 0 amide bonds. The fourth-order valence-corrected chi connectivity index (χ4v) is 3.18. The third kappa shape index (κ3) is 3.22. The quantitative estimate of drug-likeness (QED) is 0.621. The first-order valence-electron chi connectivity index (χ1n) is 7.63. The average molecular weight is 311 g/mol. The van der Waals surface area contributed by atoms with Crippen molar-refractivity contribution in [1.29, 1.82) is 0 Å². The minimum atomic E-state index is 0.670. The SMILES string of the molecule is c1ccc2sc(Oc3ccc(OCCC4CC4)cc3)nc2c1. The van der Waals surface area contributed by atoms with E-state index in [2.05, 4.69) is 11.1 Å². The minimum absolute atomic E-state index is 0.670. The van der Waals surface area contributed by atoms with Gasteiger partial charge in [0.25, 0.3) is 5.19 Å². The lowest BCUT2D eigenvalue weighted by atomic mass is 10.3. The van der Waals surface area contributed by atoms with E-state index in [0.717, 1.165) is 34.2 Å². The molecule has 3 nitrogen and oxygen atoms in total. The second-order valence-corrected chi connectivity index (χ2v) is 6.59. The summed E-state index contributed by atoms with van der Waals surface area (Å²) in [6.45, 7) is 0.808.